The number of pyridine rings is 1. The molecule has 2 unspecified atom stereocenters. The normalized spacial score (nSPS) is 24.0. The summed E-state index contributed by atoms with van der Waals surface area (Å²) in [7, 11) is 0. The monoisotopic (exact) mass is 305 g/mol. The molecule has 100 valence electrons. The predicted octanol–water partition coefficient (Wildman–Crippen LogP) is 4.34. The highest BCUT2D eigenvalue weighted by atomic mass is 35.5. The zero-order valence-electron chi connectivity index (χ0n) is 10.2. The fourth-order valence-corrected chi connectivity index (χ4v) is 4.16. The largest absolute Gasteiger partial charge is 0.307 e. The first-order chi connectivity index (χ1) is 8.60. The summed E-state index contributed by atoms with van der Waals surface area (Å²) in [4.78, 5) is 4.37. The van der Waals surface area contributed by atoms with Gasteiger partial charge in [0.2, 0.25) is 0 Å². The van der Waals surface area contributed by atoms with Gasteiger partial charge in [0.25, 0.3) is 0 Å². The van der Waals surface area contributed by atoms with Gasteiger partial charge in [0, 0.05) is 5.25 Å². The Morgan fingerprint density at radius 1 is 1.39 bits per heavy atom. The summed E-state index contributed by atoms with van der Waals surface area (Å²) >= 11 is 13.9. The lowest BCUT2D eigenvalue weighted by Gasteiger charge is -2.26. The first kappa shape index (κ1) is 14.3. The van der Waals surface area contributed by atoms with E-state index in [2.05, 4.69) is 17.3 Å². The van der Waals surface area contributed by atoms with E-state index in [1.54, 1.807) is 17.8 Å². The molecule has 2 rings (SSSR count). The van der Waals surface area contributed by atoms with E-state index in [0.717, 1.165) is 10.9 Å². The van der Waals surface area contributed by atoms with Gasteiger partial charge < -0.3 is 5.43 Å². The van der Waals surface area contributed by atoms with Crippen LogP contribution in [0.1, 0.15) is 32.6 Å². The van der Waals surface area contributed by atoms with Crippen LogP contribution in [0.2, 0.25) is 10.0 Å². The number of rotatable bonds is 3. The van der Waals surface area contributed by atoms with Crippen LogP contribution in [-0.4, -0.2) is 10.2 Å². The van der Waals surface area contributed by atoms with Gasteiger partial charge in [-0.2, -0.15) is 0 Å². The van der Waals surface area contributed by atoms with Crippen molar-refractivity contribution in [2.75, 3.05) is 5.43 Å². The van der Waals surface area contributed by atoms with Crippen molar-refractivity contribution in [1.29, 1.82) is 0 Å². The van der Waals surface area contributed by atoms with Gasteiger partial charge in [-0.25, -0.2) is 10.8 Å². The van der Waals surface area contributed by atoms with Crippen LogP contribution in [0.4, 0.5) is 5.82 Å². The third kappa shape index (κ3) is 3.44. The molecule has 3 nitrogen and oxygen atoms in total. The first-order valence-electron chi connectivity index (χ1n) is 6.09. The Hall–Kier alpha value is -0.160. The maximum Gasteiger partial charge on any atom is 0.160 e. The van der Waals surface area contributed by atoms with Crippen molar-refractivity contribution in [3.63, 3.8) is 0 Å². The highest BCUT2D eigenvalue weighted by Gasteiger charge is 2.21. The van der Waals surface area contributed by atoms with Gasteiger partial charge >= 0.3 is 0 Å². The van der Waals surface area contributed by atoms with Crippen LogP contribution in [0.25, 0.3) is 0 Å². The second kappa shape index (κ2) is 6.33. The molecule has 1 aliphatic rings. The van der Waals surface area contributed by atoms with Gasteiger partial charge in [-0.05, 0) is 24.8 Å². The van der Waals surface area contributed by atoms with E-state index >= 15 is 0 Å². The highest BCUT2D eigenvalue weighted by molar-refractivity contribution is 8.00. The lowest BCUT2D eigenvalue weighted by atomic mass is 9.91. The van der Waals surface area contributed by atoms with Gasteiger partial charge in [-0.1, -0.05) is 43.0 Å². The van der Waals surface area contributed by atoms with Gasteiger partial charge in [-0.15, -0.1) is 11.8 Å². The number of nitrogen functional groups attached to an aromatic ring is 1. The van der Waals surface area contributed by atoms with Crippen molar-refractivity contribution >= 4 is 40.8 Å². The van der Waals surface area contributed by atoms with Crippen LogP contribution in [-0.2, 0) is 0 Å². The van der Waals surface area contributed by atoms with E-state index in [0.29, 0.717) is 21.1 Å². The van der Waals surface area contributed by atoms with Crippen molar-refractivity contribution in [2.24, 2.45) is 11.8 Å². The molecular weight excluding hydrogens is 289 g/mol. The Balaban J connectivity index is 2.13. The van der Waals surface area contributed by atoms with Crippen molar-refractivity contribution in [1.82, 2.24) is 4.98 Å². The summed E-state index contributed by atoms with van der Waals surface area (Å²) < 4.78 is 0. The minimum atomic E-state index is 0.448. The molecule has 2 atom stereocenters. The SMILES string of the molecule is CC1CCCC(Sc2nc(NN)c(Cl)cc2Cl)C1. The number of hydrogen-bond donors (Lipinski definition) is 2. The second-order valence-electron chi connectivity index (χ2n) is 4.76. The quantitative estimate of drug-likeness (QED) is 0.644. The van der Waals surface area contributed by atoms with Crippen molar-refractivity contribution in [3.8, 4) is 0 Å². The Labute approximate surface area is 122 Å². The standard InChI is InChI=1S/C12H17Cl2N3S/c1-7-3-2-4-8(5-7)18-12-10(14)6-9(13)11(16-12)17-15/h6-8H,2-5,15H2,1H3,(H,16,17). The van der Waals surface area contributed by atoms with E-state index in [1.807, 2.05) is 0 Å². The molecule has 1 aliphatic carbocycles. The minimum absolute atomic E-state index is 0.448. The lowest BCUT2D eigenvalue weighted by molar-refractivity contribution is 0.394. The molecule has 0 radical (unpaired) electrons. The molecule has 1 heterocycles. The van der Waals surface area contributed by atoms with Crippen molar-refractivity contribution in [3.05, 3.63) is 16.1 Å². The summed E-state index contributed by atoms with van der Waals surface area (Å²) in [6, 6.07) is 1.69. The Bertz CT molecular complexity index is 428. The number of nitrogens with two attached hydrogens (primary N) is 1. The van der Waals surface area contributed by atoms with E-state index < -0.39 is 0 Å². The molecule has 3 N–H and O–H groups in total. The fourth-order valence-electron chi connectivity index (χ4n) is 2.28. The van der Waals surface area contributed by atoms with E-state index in [4.69, 9.17) is 29.0 Å². The number of thioether (sulfide) groups is 1. The molecule has 18 heavy (non-hydrogen) atoms. The van der Waals surface area contributed by atoms with Crippen LogP contribution < -0.4 is 11.3 Å². The second-order valence-corrected chi connectivity index (χ2v) is 6.87. The number of nitrogens with zero attached hydrogens (tertiary/aromatic N) is 1. The molecule has 0 aliphatic heterocycles. The van der Waals surface area contributed by atoms with E-state index in [9.17, 15) is 0 Å². The summed E-state index contributed by atoms with van der Waals surface area (Å²) in [5, 5.41) is 2.45. The molecule has 0 saturated heterocycles. The third-order valence-corrected chi connectivity index (χ3v) is 5.18. The topological polar surface area (TPSA) is 50.9 Å². The van der Waals surface area contributed by atoms with E-state index in [1.165, 1.54) is 25.7 Å². The molecule has 1 aromatic rings. The summed E-state index contributed by atoms with van der Waals surface area (Å²) in [6.07, 6.45) is 5.05. The van der Waals surface area contributed by atoms with Crippen molar-refractivity contribution in [2.45, 2.75) is 42.9 Å². The molecule has 6 heteroatoms. The van der Waals surface area contributed by atoms with Crippen LogP contribution in [0, 0.1) is 5.92 Å². The maximum atomic E-state index is 6.18. The third-order valence-electron chi connectivity index (χ3n) is 3.20. The molecule has 0 aromatic carbocycles. The summed E-state index contributed by atoms with van der Waals surface area (Å²) in [5.74, 6) is 6.64. The van der Waals surface area contributed by atoms with Crippen molar-refractivity contribution < 1.29 is 0 Å². The molecular formula is C12H17Cl2N3S. The maximum absolute atomic E-state index is 6.18. The van der Waals surface area contributed by atoms with Gasteiger partial charge in [-0.3, -0.25) is 0 Å². The predicted molar refractivity (Wildman–Crippen MR) is 79.3 cm³/mol. The summed E-state index contributed by atoms with van der Waals surface area (Å²) in [5.41, 5.74) is 2.49. The van der Waals surface area contributed by atoms with Gasteiger partial charge in [0.05, 0.1) is 10.0 Å². The number of nitrogens with one attached hydrogen (secondary N) is 1. The molecule has 1 aromatic heterocycles. The first-order valence-corrected chi connectivity index (χ1v) is 7.73. The molecule has 0 spiro atoms. The average Bonchev–Trinajstić information content (AvgIpc) is 2.33. The zero-order chi connectivity index (χ0) is 13.1. The molecule has 1 saturated carbocycles. The molecule has 1 fully saturated rings. The number of halogens is 2. The summed E-state index contributed by atoms with van der Waals surface area (Å²) in [6.45, 7) is 2.30. The lowest BCUT2D eigenvalue weighted by Crippen LogP contribution is -2.15. The Kier molecular flexibility index (Phi) is 5.01. The minimum Gasteiger partial charge on any atom is -0.307 e. The fraction of sp³-hybridized carbons (Fsp3) is 0.583. The smallest absolute Gasteiger partial charge is 0.160 e. The van der Waals surface area contributed by atoms with Crippen LogP contribution in [0.3, 0.4) is 0 Å². The van der Waals surface area contributed by atoms with Gasteiger partial charge in [0.15, 0.2) is 5.82 Å². The van der Waals surface area contributed by atoms with Gasteiger partial charge in [0.1, 0.15) is 5.03 Å². The highest BCUT2D eigenvalue weighted by Crippen LogP contribution is 2.39. The Morgan fingerprint density at radius 2 is 2.17 bits per heavy atom. The van der Waals surface area contributed by atoms with Crippen LogP contribution in [0.5, 0.6) is 0 Å². The zero-order valence-corrected chi connectivity index (χ0v) is 12.6. The number of hydrazine groups is 1. The van der Waals surface area contributed by atoms with Crippen LogP contribution >= 0.6 is 35.0 Å². The number of hydrogen-bond acceptors (Lipinski definition) is 4. The van der Waals surface area contributed by atoms with E-state index in [-0.39, 0.29) is 0 Å². The number of anilines is 1. The Morgan fingerprint density at radius 3 is 2.83 bits per heavy atom. The molecule has 0 bridgehead atoms. The average molecular weight is 306 g/mol. The number of aromatic nitrogens is 1. The van der Waals surface area contributed by atoms with Crippen LogP contribution in [0.15, 0.2) is 11.1 Å². The molecule has 0 amide bonds.